The van der Waals surface area contributed by atoms with Crippen molar-refractivity contribution >= 4 is 53.4 Å². The van der Waals surface area contributed by atoms with Crippen molar-refractivity contribution in [2.24, 2.45) is 0 Å². The van der Waals surface area contributed by atoms with Crippen molar-refractivity contribution in [1.82, 2.24) is 15.0 Å². The SMILES string of the molecule is c1ccc(-c2nc(-c3ccc4c(c3)-c3ccccc3-c3ccccc3C43c4ccccc4-c4c3ccc3c4sc4ccccc43)nc(-c3cccc4oc5ccccc5c34)n2)cc1. The summed E-state index contributed by atoms with van der Waals surface area (Å²) >= 11 is 1.91. The molecule has 0 amide bonds. The molecule has 292 valence electrons. The highest BCUT2D eigenvalue weighted by Crippen LogP contribution is 2.63. The van der Waals surface area contributed by atoms with Crippen LogP contribution in [0.1, 0.15) is 22.3 Å². The van der Waals surface area contributed by atoms with Crippen molar-refractivity contribution in [2.75, 3.05) is 0 Å². The van der Waals surface area contributed by atoms with Crippen LogP contribution in [0.5, 0.6) is 0 Å². The first-order chi connectivity index (χ1) is 31.2. The Labute approximate surface area is 366 Å². The van der Waals surface area contributed by atoms with E-state index in [0.29, 0.717) is 17.5 Å². The van der Waals surface area contributed by atoms with Gasteiger partial charge in [0, 0.05) is 53.2 Å². The number of thiophene rings is 1. The number of rotatable bonds is 3. The predicted octanol–water partition coefficient (Wildman–Crippen LogP) is 15.2. The summed E-state index contributed by atoms with van der Waals surface area (Å²) in [4.78, 5) is 15.8. The lowest BCUT2D eigenvalue weighted by Crippen LogP contribution is -2.29. The van der Waals surface area contributed by atoms with Crippen LogP contribution in [0.25, 0.3) is 110 Å². The Balaban J connectivity index is 1.07. The normalized spacial score (nSPS) is 14.7. The Morgan fingerprint density at radius 2 is 0.952 bits per heavy atom. The highest BCUT2D eigenvalue weighted by molar-refractivity contribution is 7.26. The number of para-hydroxylation sites is 1. The fraction of sp³-hybridized carbons (Fsp3) is 0.0172. The van der Waals surface area contributed by atoms with Gasteiger partial charge in [0.2, 0.25) is 0 Å². The lowest BCUT2D eigenvalue weighted by atomic mass is 9.65. The minimum Gasteiger partial charge on any atom is -0.456 e. The number of aromatic nitrogens is 3. The summed E-state index contributed by atoms with van der Waals surface area (Å²) in [5, 5.41) is 4.64. The molecule has 0 saturated heterocycles. The maximum atomic E-state index is 6.34. The van der Waals surface area contributed by atoms with Crippen LogP contribution in [0.15, 0.2) is 205 Å². The van der Waals surface area contributed by atoms with Gasteiger partial charge in [-0.05, 0) is 74.3 Å². The predicted molar refractivity (Wildman–Crippen MR) is 258 cm³/mol. The van der Waals surface area contributed by atoms with Gasteiger partial charge in [-0.3, -0.25) is 0 Å². The molecule has 3 heterocycles. The second-order valence-electron chi connectivity index (χ2n) is 16.6. The molecule has 0 radical (unpaired) electrons. The van der Waals surface area contributed by atoms with Crippen LogP contribution in [0.3, 0.4) is 0 Å². The second-order valence-corrected chi connectivity index (χ2v) is 17.6. The molecule has 5 heteroatoms. The van der Waals surface area contributed by atoms with E-state index >= 15 is 0 Å². The van der Waals surface area contributed by atoms with E-state index in [1.54, 1.807) is 0 Å². The summed E-state index contributed by atoms with van der Waals surface area (Å²) in [5.41, 5.74) is 16.3. The first-order valence-corrected chi connectivity index (χ1v) is 22.2. The standard InChI is InChI=1S/C58H33N3OS/c1-2-15-34(16-3-1)55-59-56(61-57(60-55)43-23-14-27-50-52(43)42-22-8-12-26-49(42)62-50)35-29-31-47-44(33-35)37-18-5-4-17-36(37)38-19-6-10-24-45(38)58(47)46-25-11-7-21-41(46)53-48(58)32-30-40-39-20-9-13-28-51(39)63-54(40)53/h1-33H. The van der Waals surface area contributed by atoms with E-state index < -0.39 is 5.41 Å². The summed E-state index contributed by atoms with van der Waals surface area (Å²) in [7, 11) is 0. The third-order valence-corrected chi connectivity index (χ3v) is 14.6. The fourth-order valence-corrected chi connectivity index (χ4v) is 12.1. The summed E-state index contributed by atoms with van der Waals surface area (Å²) in [6.07, 6.45) is 0. The Morgan fingerprint density at radius 1 is 0.365 bits per heavy atom. The maximum Gasteiger partial charge on any atom is 0.164 e. The Hall–Kier alpha value is -7.99. The molecule has 1 unspecified atom stereocenters. The van der Waals surface area contributed by atoms with Crippen LogP contribution >= 0.6 is 11.3 Å². The molecule has 3 aromatic heterocycles. The molecule has 0 bridgehead atoms. The summed E-state index contributed by atoms with van der Waals surface area (Å²) in [6, 6.07) is 72.1. The van der Waals surface area contributed by atoms with Crippen LogP contribution in [-0.2, 0) is 5.41 Å². The van der Waals surface area contributed by atoms with E-state index in [4.69, 9.17) is 19.4 Å². The quantitative estimate of drug-likeness (QED) is 0.178. The third-order valence-electron chi connectivity index (χ3n) is 13.4. The van der Waals surface area contributed by atoms with Crippen LogP contribution in [0.2, 0.25) is 0 Å². The smallest absolute Gasteiger partial charge is 0.164 e. The number of furan rings is 1. The third kappa shape index (κ3) is 4.77. The van der Waals surface area contributed by atoms with Gasteiger partial charge in [0.1, 0.15) is 11.2 Å². The monoisotopic (exact) mass is 819 g/mol. The van der Waals surface area contributed by atoms with Gasteiger partial charge in [0.05, 0.1) is 5.41 Å². The highest BCUT2D eigenvalue weighted by atomic mass is 32.1. The van der Waals surface area contributed by atoms with Crippen molar-refractivity contribution in [3.05, 3.63) is 222 Å². The molecule has 2 aliphatic carbocycles. The van der Waals surface area contributed by atoms with E-state index in [1.807, 2.05) is 59.9 Å². The zero-order valence-corrected chi connectivity index (χ0v) is 34.5. The number of nitrogens with zero attached hydrogens (tertiary/aromatic N) is 3. The summed E-state index contributed by atoms with van der Waals surface area (Å²) < 4.78 is 8.99. The van der Waals surface area contributed by atoms with Crippen molar-refractivity contribution in [1.29, 1.82) is 0 Å². The molecule has 0 N–H and O–H groups in total. The maximum absolute atomic E-state index is 6.34. The molecule has 0 fully saturated rings. The molecule has 4 nitrogen and oxygen atoms in total. The van der Waals surface area contributed by atoms with Gasteiger partial charge in [-0.15, -0.1) is 11.3 Å². The minimum atomic E-state index is -0.614. The first kappa shape index (κ1) is 34.7. The number of hydrogen-bond acceptors (Lipinski definition) is 5. The zero-order valence-electron chi connectivity index (χ0n) is 33.7. The average molecular weight is 820 g/mol. The van der Waals surface area contributed by atoms with Crippen molar-refractivity contribution in [3.8, 4) is 67.5 Å². The second kappa shape index (κ2) is 13.0. The fourth-order valence-electron chi connectivity index (χ4n) is 10.8. The lowest BCUT2D eigenvalue weighted by Gasteiger charge is -2.35. The first-order valence-electron chi connectivity index (χ1n) is 21.3. The molecular formula is C58H33N3OS. The Kier molecular flexibility index (Phi) is 7.16. The number of fused-ring (bicyclic) bond motifs is 19. The van der Waals surface area contributed by atoms with E-state index in [-0.39, 0.29) is 0 Å². The van der Waals surface area contributed by atoms with Gasteiger partial charge in [0.15, 0.2) is 17.5 Å². The number of hydrogen-bond donors (Lipinski definition) is 0. The van der Waals surface area contributed by atoms with E-state index in [9.17, 15) is 0 Å². The largest absolute Gasteiger partial charge is 0.456 e. The van der Waals surface area contributed by atoms with Crippen molar-refractivity contribution in [3.63, 3.8) is 0 Å². The molecule has 0 aliphatic heterocycles. The molecule has 2 aliphatic rings. The topological polar surface area (TPSA) is 51.8 Å². The molecular weight excluding hydrogens is 787 g/mol. The van der Waals surface area contributed by atoms with Gasteiger partial charge in [-0.1, -0.05) is 176 Å². The van der Waals surface area contributed by atoms with E-state index in [0.717, 1.165) is 44.2 Å². The molecule has 63 heavy (non-hydrogen) atoms. The van der Waals surface area contributed by atoms with Crippen molar-refractivity contribution < 1.29 is 4.42 Å². The van der Waals surface area contributed by atoms with Gasteiger partial charge in [0.25, 0.3) is 0 Å². The van der Waals surface area contributed by atoms with E-state index in [1.165, 1.54) is 70.2 Å². The Morgan fingerprint density at radius 3 is 1.79 bits per heavy atom. The molecule has 1 spiro atoms. The van der Waals surface area contributed by atoms with Crippen LogP contribution in [0, 0.1) is 0 Å². The molecule has 14 rings (SSSR count). The van der Waals surface area contributed by atoms with Crippen molar-refractivity contribution in [2.45, 2.75) is 5.41 Å². The zero-order chi connectivity index (χ0) is 41.2. The molecule has 9 aromatic carbocycles. The van der Waals surface area contributed by atoms with Crippen LogP contribution < -0.4 is 0 Å². The molecule has 12 aromatic rings. The highest BCUT2D eigenvalue weighted by Gasteiger charge is 2.50. The minimum absolute atomic E-state index is 0.598. The Bertz CT molecular complexity index is 3880. The van der Waals surface area contributed by atoms with Gasteiger partial charge < -0.3 is 4.42 Å². The van der Waals surface area contributed by atoms with Crippen LogP contribution in [-0.4, -0.2) is 15.0 Å². The van der Waals surface area contributed by atoms with Gasteiger partial charge in [-0.25, -0.2) is 15.0 Å². The van der Waals surface area contributed by atoms with Crippen LogP contribution in [0.4, 0.5) is 0 Å². The average Bonchev–Trinajstić information content (AvgIpc) is 4.00. The summed E-state index contributed by atoms with van der Waals surface area (Å²) in [6.45, 7) is 0. The van der Waals surface area contributed by atoms with Gasteiger partial charge in [-0.2, -0.15) is 0 Å². The van der Waals surface area contributed by atoms with Gasteiger partial charge >= 0.3 is 0 Å². The van der Waals surface area contributed by atoms with E-state index in [2.05, 4.69) is 152 Å². The number of benzene rings is 9. The summed E-state index contributed by atoms with van der Waals surface area (Å²) in [5.74, 6) is 1.82. The molecule has 1 atom stereocenters. The molecule has 0 saturated carbocycles. The lowest BCUT2D eigenvalue weighted by molar-refractivity contribution is 0.669.